The van der Waals surface area contributed by atoms with Crippen molar-refractivity contribution in [2.24, 2.45) is 0 Å². The van der Waals surface area contributed by atoms with Crippen LogP contribution in [0.3, 0.4) is 0 Å². The van der Waals surface area contributed by atoms with E-state index < -0.39 is 0 Å². The van der Waals surface area contributed by atoms with Gasteiger partial charge in [-0.2, -0.15) is 0 Å². The van der Waals surface area contributed by atoms with Crippen LogP contribution in [0.2, 0.25) is 0 Å². The smallest absolute Gasteiger partial charge is 0.149 e. The molecule has 1 heterocycles. The van der Waals surface area contributed by atoms with E-state index in [2.05, 4.69) is 16.7 Å². The molecule has 0 aliphatic carbocycles. The maximum absolute atomic E-state index is 5.48. The molecule has 1 aliphatic heterocycles. The number of nitrogens with zero attached hydrogens (tertiary/aromatic N) is 1. The van der Waals surface area contributed by atoms with Crippen molar-refractivity contribution >= 4 is 0 Å². The highest BCUT2D eigenvalue weighted by Gasteiger charge is 2.08. The van der Waals surface area contributed by atoms with Gasteiger partial charge in [-0.15, -0.1) is 0 Å². The monoisotopic (exact) mass is 215 g/mol. The molecule has 2 rings (SSSR count). The van der Waals surface area contributed by atoms with Gasteiger partial charge in [0.15, 0.2) is 0 Å². The van der Waals surface area contributed by atoms with Gasteiger partial charge in [0, 0.05) is 0 Å². The first-order valence-electron chi connectivity index (χ1n) is 5.81. The third kappa shape index (κ3) is 3.60. The Morgan fingerprint density at radius 2 is 1.81 bits per heavy atom. The summed E-state index contributed by atoms with van der Waals surface area (Å²) in [6.45, 7) is 3.78. The van der Waals surface area contributed by atoms with E-state index >= 15 is 0 Å². The largest absolute Gasteiger partial charge is 0.481 e. The Kier molecular flexibility index (Phi) is 4.27. The van der Waals surface area contributed by atoms with Gasteiger partial charge in [-0.3, -0.25) is 4.90 Å². The number of benzene rings is 1. The third-order valence-electron chi connectivity index (χ3n) is 2.68. The molecule has 0 aromatic heterocycles. The van der Waals surface area contributed by atoms with Crippen LogP contribution in [0.15, 0.2) is 30.3 Å². The second-order valence-electron chi connectivity index (χ2n) is 3.94. The first-order chi connectivity index (χ1) is 7.95. The molecule has 0 N–H and O–H groups in total. The molecule has 0 bridgehead atoms. The van der Waals surface area contributed by atoms with E-state index in [0.717, 1.165) is 12.3 Å². The van der Waals surface area contributed by atoms with Crippen LogP contribution in [0, 0.1) is 11.8 Å². The quantitative estimate of drug-likeness (QED) is 0.716. The van der Waals surface area contributed by atoms with E-state index in [4.69, 9.17) is 4.74 Å². The summed E-state index contributed by atoms with van der Waals surface area (Å²) in [4.78, 5) is 2.38. The van der Waals surface area contributed by atoms with Gasteiger partial charge in [0.05, 0.1) is 6.54 Å². The van der Waals surface area contributed by atoms with Gasteiger partial charge in [-0.05, 0) is 38.1 Å². The average molecular weight is 215 g/mol. The molecule has 2 nitrogen and oxygen atoms in total. The average Bonchev–Trinajstić information content (AvgIpc) is 2.83. The maximum atomic E-state index is 5.48. The van der Waals surface area contributed by atoms with E-state index in [-0.39, 0.29) is 0 Å². The Bertz CT molecular complexity index is 357. The summed E-state index contributed by atoms with van der Waals surface area (Å²) in [5, 5.41) is 0. The van der Waals surface area contributed by atoms with Crippen molar-refractivity contribution in [3.05, 3.63) is 30.3 Å². The molecular formula is C14H17NO. The molecule has 1 saturated heterocycles. The zero-order chi connectivity index (χ0) is 11.1. The van der Waals surface area contributed by atoms with Crippen LogP contribution < -0.4 is 4.74 Å². The molecule has 0 radical (unpaired) electrons. The molecule has 84 valence electrons. The lowest BCUT2D eigenvalue weighted by Gasteiger charge is -2.08. The summed E-state index contributed by atoms with van der Waals surface area (Å²) < 4.78 is 5.48. The molecule has 1 aromatic carbocycles. The minimum Gasteiger partial charge on any atom is -0.481 e. The van der Waals surface area contributed by atoms with Crippen LogP contribution in [0.1, 0.15) is 12.8 Å². The molecule has 16 heavy (non-hydrogen) atoms. The molecule has 0 unspecified atom stereocenters. The zero-order valence-corrected chi connectivity index (χ0v) is 9.48. The lowest BCUT2D eigenvalue weighted by atomic mass is 10.3. The Morgan fingerprint density at radius 3 is 2.56 bits per heavy atom. The number of hydrogen-bond acceptors (Lipinski definition) is 2. The Hall–Kier alpha value is -1.46. The molecule has 0 saturated carbocycles. The second kappa shape index (κ2) is 6.19. The van der Waals surface area contributed by atoms with Crippen LogP contribution in [0.25, 0.3) is 0 Å². The topological polar surface area (TPSA) is 12.5 Å². The van der Waals surface area contributed by atoms with Crippen molar-refractivity contribution in [2.45, 2.75) is 12.8 Å². The van der Waals surface area contributed by atoms with Crippen LogP contribution in [0.4, 0.5) is 0 Å². The molecule has 0 spiro atoms. The van der Waals surface area contributed by atoms with Crippen molar-refractivity contribution in [2.75, 3.05) is 26.2 Å². The van der Waals surface area contributed by atoms with Crippen LogP contribution in [0.5, 0.6) is 5.75 Å². The minimum atomic E-state index is 0.484. The minimum absolute atomic E-state index is 0.484. The summed E-state index contributed by atoms with van der Waals surface area (Å²) in [7, 11) is 0. The van der Waals surface area contributed by atoms with Crippen molar-refractivity contribution < 1.29 is 4.74 Å². The van der Waals surface area contributed by atoms with Crippen molar-refractivity contribution in [3.63, 3.8) is 0 Å². The van der Waals surface area contributed by atoms with Crippen molar-refractivity contribution in [3.8, 4) is 17.6 Å². The summed E-state index contributed by atoms with van der Waals surface area (Å²) in [6, 6.07) is 9.80. The number of ether oxygens (including phenoxy) is 1. The fourth-order valence-corrected chi connectivity index (χ4v) is 1.80. The normalized spacial score (nSPS) is 15.5. The highest BCUT2D eigenvalue weighted by atomic mass is 16.5. The fraction of sp³-hybridized carbons (Fsp3) is 0.429. The van der Waals surface area contributed by atoms with Crippen LogP contribution >= 0.6 is 0 Å². The highest BCUT2D eigenvalue weighted by molar-refractivity contribution is 5.21. The summed E-state index contributed by atoms with van der Waals surface area (Å²) in [5.74, 6) is 7.08. The van der Waals surface area contributed by atoms with Gasteiger partial charge >= 0.3 is 0 Å². The molecular weight excluding hydrogens is 198 g/mol. The van der Waals surface area contributed by atoms with E-state index in [1.165, 1.54) is 25.9 Å². The van der Waals surface area contributed by atoms with E-state index in [9.17, 15) is 0 Å². The zero-order valence-electron chi connectivity index (χ0n) is 9.48. The number of likely N-dealkylation sites (tertiary alicyclic amines) is 1. The SMILES string of the molecule is C(#CCN1CCCC1)COc1ccccc1. The molecule has 1 fully saturated rings. The highest BCUT2D eigenvalue weighted by Crippen LogP contribution is 2.07. The molecule has 2 heteroatoms. The van der Waals surface area contributed by atoms with Gasteiger partial charge in [-0.1, -0.05) is 30.0 Å². The molecule has 1 aromatic rings. The van der Waals surface area contributed by atoms with Crippen molar-refractivity contribution in [1.82, 2.24) is 4.90 Å². The Labute approximate surface area is 97.2 Å². The van der Waals surface area contributed by atoms with E-state index in [1.54, 1.807) is 0 Å². The Morgan fingerprint density at radius 1 is 1.06 bits per heavy atom. The van der Waals surface area contributed by atoms with Crippen molar-refractivity contribution in [1.29, 1.82) is 0 Å². The van der Waals surface area contributed by atoms with Crippen LogP contribution in [-0.4, -0.2) is 31.1 Å². The van der Waals surface area contributed by atoms with Gasteiger partial charge in [0.2, 0.25) is 0 Å². The number of rotatable bonds is 3. The lowest BCUT2D eigenvalue weighted by Crippen LogP contribution is -2.19. The second-order valence-corrected chi connectivity index (χ2v) is 3.94. The predicted octanol–water partition coefficient (Wildman–Crippen LogP) is 2.16. The summed E-state index contributed by atoms with van der Waals surface area (Å²) in [5.41, 5.74) is 0. The van der Waals surface area contributed by atoms with E-state index in [1.807, 2.05) is 30.3 Å². The first kappa shape index (κ1) is 11.0. The summed E-state index contributed by atoms with van der Waals surface area (Å²) in [6.07, 6.45) is 2.64. The first-order valence-corrected chi connectivity index (χ1v) is 5.81. The van der Waals surface area contributed by atoms with Gasteiger partial charge in [0.25, 0.3) is 0 Å². The molecule has 0 atom stereocenters. The molecule has 0 amide bonds. The lowest BCUT2D eigenvalue weighted by molar-refractivity contribution is 0.367. The fourth-order valence-electron chi connectivity index (χ4n) is 1.80. The number of para-hydroxylation sites is 1. The predicted molar refractivity (Wildman–Crippen MR) is 65.4 cm³/mol. The third-order valence-corrected chi connectivity index (χ3v) is 2.68. The van der Waals surface area contributed by atoms with Gasteiger partial charge in [-0.25, -0.2) is 0 Å². The maximum Gasteiger partial charge on any atom is 0.149 e. The van der Waals surface area contributed by atoms with E-state index in [0.29, 0.717) is 6.61 Å². The van der Waals surface area contributed by atoms with Gasteiger partial charge < -0.3 is 4.74 Å². The summed E-state index contributed by atoms with van der Waals surface area (Å²) >= 11 is 0. The van der Waals surface area contributed by atoms with Crippen LogP contribution in [-0.2, 0) is 0 Å². The Balaban J connectivity index is 1.66. The van der Waals surface area contributed by atoms with Gasteiger partial charge in [0.1, 0.15) is 12.4 Å². The standard InChI is InChI=1S/C14H17NO/c1-2-8-14(9-3-1)16-13-7-6-12-15-10-4-5-11-15/h1-3,8-9H,4-5,10-13H2. The molecule has 1 aliphatic rings. The number of hydrogen-bond donors (Lipinski definition) is 0.